The van der Waals surface area contributed by atoms with Gasteiger partial charge < -0.3 is 20.1 Å². The summed E-state index contributed by atoms with van der Waals surface area (Å²) < 4.78 is 6.74. The second kappa shape index (κ2) is 15.1. The predicted octanol–water partition coefficient (Wildman–Crippen LogP) is 8.63. The number of rotatable bonds is 17. The highest BCUT2D eigenvalue weighted by atomic mass is 16.5. The number of hydrogen-bond acceptors (Lipinski definition) is 4. The van der Waals surface area contributed by atoms with Crippen molar-refractivity contribution in [3.63, 3.8) is 0 Å². The molecule has 0 spiro atoms. The normalized spacial score (nSPS) is 21.0. The minimum absolute atomic E-state index is 0.0608. The Morgan fingerprint density at radius 1 is 0.850 bits per heavy atom. The van der Waals surface area contributed by atoms with Gasteiger partial charge in [0, 0.05) is 17.9 Å². The van der Waals surface area contributed by atoms with E-state index in [4.69, 9.17) is 4.74 Å². The van der Waals surface area contributed by atoms with Gasteiger partial charge in [0.1, 0.15) is 17.1 Å². The van der Waals surface area contributed by atoms with Gasteiger partial charge in [-0.2, -0.15) is 0 Å². The highest BCUT2D eigenvalue weighted by Crippen LogP contribution is 2.49. The van der Waals surface area contributed by atoms with Crippen LogP contribution < -0.4 is 4.74 Å². The number of benzene rings is 1. The first-order valence-electron chi connectivity index (χ1n) is 15.6. The quantitative estimate of drug-likeness (QED) is 0.176. The number of carboxylic acid groups (broad SMARTS) is 2. The minimum atomic E-state index is -0.992. The monoisotopic (exact) mass is 560 g/mol. The third-order valence-electron chi connectivity index (χ3n) is 9.60. The molecular formula is C34H56O6. The second-order valence-corrected chi connectivity index (χ2v) is 13.5. The fourth-order valence-electron chi connectivity index (χ4n) is 6.66. The minimum Gasteiger partial charge on any atom is -0.507 e. The Balaban J connectivity index is 2.13. The molecule has 1 aromatic carbocycles. The van der Waals surface area contributed by atoms with E-state index in [1.807, 2.05) is 27.7 Å². The van der Waals surface area contributed by atoms with Crippen LogP contribution in [0.3, 0.4) is 0 Å². The highest BCUT2D eigenvalue weighted by molar-refractivity contribution is 5.73. The lowest BCUT2D eigenvalue weighted by Crippen LogP contribution is -2.50. The maximum Gasteiger partial charge on any atom is 0.306 e. The fraction of sp³-hybridized carbons (Fsp3) is 0.765. The van der Waals surface area contributed by atoms with Crippen molar-refractivity contribution in [1.82, 2.24) is 0 Å². The average molecular weight is 561 g/mol. The first kappa shape index (κ1) is 34.0. The van der Waals surface area contributed by atoms with Gasteiger partial charge in [0.25, 0.3) is 0 Å². The molecule has 0 aliphatic carbocycles. The van der Waals surface area contributed by atoms with Crippen molar-refractivity contribution in [3.05, 3.63) is 22.3 Å². The van der Waals surface area contributed by atoms with E-state index in [-0.39, 0.29) is 24.5 Å². The molecule has 0 fully saturated rings. The Kier molecular flexibility index (Phi) is 12.8. The Labute approximate surface area is 242 Å². The Morgan fingerprint density at radius 2 is 1.40 bits per heavy atom. The van der Waals surface area contributed by atoms with Crippen LogP contribution in [0, 0.1) is 50.4 Å². The Hall–Kier alpha value is -2.24. The fourth-order valence-corrected chi connectivity index (χ4v) is 6.66. The SMILES string of the molecule is Cc1c(C)c2c(c(C)c1O)CC(C(CCC(=O)O)C(=O)O)[C@](C)(CCC[C@H](C)CCC[C@@H](C)CCCC(C)C)O2. The molecule has 3 N–H and O–H groups in total. The van der Waals surface area contributed by atoms with Gasteiger partial charge in [-0.25, -0.2) is 0 Å². The number of phenolic OH excluding ortho intramolecular Hbond substituents is 1. The molecule has 2 rings (SSSR count). The molecule has 0 amide bonds. The number of ether oxygens (including phenoxy) is 1. The van der Waals surface area contributed by atoms with Crippen molar-refractivity contribution < 1.29 is 29.6 Å². The molecule has 6 nitrogen and oxygen atoms in total. The van der Waals surface area contributed by atoms with Gasteiger partial charge in [0.05, 0.1) is 5.92 Å². The van der Waals surface area contributed by atoms with Crippen LogP contribution in [0.2, 0.25) is 0 Å². The van der Waals surface area contributed by atoms with Crippen molar-refractivity contribution in [3.8, 4) is 11.5 Å². The zero-order chi connectivity index (χ0) is 30.2. The van der Waals surface area contributed by atoms with Crippen LogP contribution in [0.5, 0.6) is 11.5 Å². The van der Waals surface area contributed by atoms with E-state index in [1.54, 1.807) is 0 Å². The molecule has 1 heterocycles. The molecule has 228 valence electrons. The van der Waals surface area contributed by atoms with E-state index in [0.717, 1.165) is 52.7 Å². The van der Waals surface area contributed by atoms with Crippen LogP contribution in [0.4, 0.5) is 0 Å². The lowest BCUT2D eigenvalue weighted by atomic mass is 9.69. The molecule has 1 aromatic rings. The molecule has 0 saturated heterocycles. The van der Waals surface area contributed by atoms with Crippen LogP contribution in [0.25, 0.3) is 0 Å². The second-order valence-electron chi connectivity index (χ2n) is 13.5. The van der Waals surface area contributed by atoms with E-state index >= 15 is 0 Å². The van der Waals surface area contributed by atoms with Crippen molar-refractivity contribution in [2.75, 3.05) is 0 Å². The standard InChI is InChI=1S/C34H56O6/c1-21(2)12-9-13-22(3)14-10-15-23(4)16-11-19-34(8)29(27(33(38)39)17-18-30(35)36)20-28-26(7)31(37)24(5)25(6)32(28)40-34/h21-23,27,29,37H,9-20H2,1-8H3,(H,35,36)(H,38,39)/t22-,23+,27?,29?,34-/m0/s1. The summed E-state index contributed by atoms with van der Waals surface area (Å²) in [4.78, 5) is 23.8. The molecule has 0 radical (unpaired) electrons. The van der Waals surface area contributed by atoms with Crippen molar-refractivity contribution in [2.45, 2.75) is 138 Å². The highest BCUT2D eigenvalue weighted by Gasteiger charge is 2.48. The van der Waals surface area contributed by atoms with Gasteiger partial charge in [-0.3, -0.25) is 9.59 Å². The van der Waals surface area contributed by atoms with E-state index in [2.05, 4.69) is 27.7 Å². The number of aromatic hydroxyl groups is 1. The molecule has 0 bridgehead atoms. The largest absolute Gasteiger partial charge is 0.507 e. The van der Waals surface area contributed by atoms with Crippen LogP contribution in [-0.2, 0) is 16.0 Å². The molecular weight excluding hydrogens is 504 g/mol. The molecule has 1 aliphatic rings. The third kappa shape index (κ3) is 9.14. The van der Waals surface area contributed by atoms with E-state index < -0.39 is 23.5 Å². The van der Waals surface area contributed by atoms with Crippen LogP contribution in [-0.4, -0.2) is 32.9 Å². The first-order chi connectivity index (χ1) is 18.7. The van der Waals surface area contributed by atoms with Crippen LogP contribution >= 0.6 is 0 Å². The van der Waals surface area contributed by atoms with Gasteiger partial charge in [-0.15, -0.1) is 0 Å². The predicted molar refractivity (Wildman–Crippen MR) is 161 cm³/mol. The maximum atomic E-state index is 12.4. The van der Waals surface area contributed by atoms with Gasteiger partial charge in [0.15, 0.2) is 0 Å². The maximum absolute atomic E-state index is 12.4. The molecule has 2 unspecified atom stereocenters. The lowest BCUT2D eigenvalue weighted by molar-refractivity contribution is -0.150. The Morgan fingerprint density at radius 3 is 1.93 bits per heavy atom. The summed E-state index contributed by atoms with van der Waals surface area (Å²) in [5.41, 5.74) is 2.50. The molecule has 6 heteroatoms. The smallest absolute Gasteiger partial charge is 0.306 e. The number of carbonyl (C=O) groups is 2. The van der Waals surface area contributed by atoms with Crippen molar-refractivity contribution >= 4 is 11.9 Å². The van der Waals surface area contributed by atoms with Gasteiger partial charge in [-0.05, 0) is 87.8 Å². The number of hydrogen-bond donors (Lipinski definition) is 3. The summed E-state index contributed by atoms with van der Waals surface area (Å²) >= 11 is 0. The van der Waals surface area contributed by atoms with Gasteiger partial charge >= 0.3 is 11.9 Å². The number of phenols is 1. The molecule has 0 aromatic heterocycles. The van der Waals surface area contributed by atoms with Crippen molar-refractivity contribution in [2.24, 2.45) is 29.6 Å². The number of aliphatic carboxylic acids is 2. The van der Waals surface area contributed by atoms with E-state index in [1.165, 1.54) is 38.5 Å². The zero-order valence-electron chi connectivity index (χ0n) is 26.4. The van der Waals surface area contributed by atoms with E-state index in [0.29, 0.717) is 18.8 Å². The van der Waals surface area contributed by atoms with E-state index in [9.17, 15) is 24.9 Å². The zero-order valence-corrected chi connectivity index (χ0v) is 26.4. The van der Waals surface area contributed by atoms with Crippen LogP contribution in [0.15, 0.2) is 0 Å². The van der Waals surface area contributed by atoms with Gasteiger partial charge in [0.2, 0.25) is 0 Å². The summed E-state index contributed by atoms with van der Waals surface area (Å²) in [6.45, 7) is 17.0. The summed E-state index contributed by atoms with van der Waals surface area (Å²) in [5.74, 6) is -0.0787. The topological polar surface area (TPSA) is 104 Å². The Bertz CT molecular complexity index is 999. The number of fused-ring (bicyclic) bond motifs is 1. The summed E-state index contributed by atoms with van der Waals surface area (Å²) in [5, 5.41) is 30.2. The summed E-state index contributed by atoms with van der Waals surface area (Å²) in [7, 11) is 0. The van der Waals surface area contributed by atoms with Crippen LogP contribution in [0.1, 0.15) is 128 Å². The molecule has 40 heavy (non-hydrogen) atoms. The molecule has 5 atom stereocenters. The number of carboxylic acids is 2. The van der Waals surface area contributed by atoms with Crippen molar-refractivity contribution in [1.29, 1.82) is 0 Å². The lowest BCUT2D eigenvalue weighted by Gasteiger charge is -2.46. The van der Waals surface area contributed by atoms with Gasteiger partial charge in [-0.1, -0.05) is 72.6 Å². The summed E-state index contributed by atoms with van der Waals surface area (Å²) in [6.07, 6.45) is 10.7. The molecule has 1 aliphatic heterocycles. The first-order valence-corrected chi connectivity index (χ1v) is 15.6. The molecule has 0 saturated carbocycles. The third-order valence-corrected chi connectivity index (χ3v) is 9.60. The summed E-state index contributed by atoms with van der Waals surface area (Å²) in [6, 6.07) is 0. The average Bonchev–Trinajstić information content (AvgIpc) is 2.86.